The molecule has 0 unspecified atom stereocenters. The van der Waals surface area contributed by atoms with E-state index < -0.39 is 5.97 Å². The average Bonchev–Trinajstić information content (AvgIpc) is 2.17. The van der Waals surface area contributed by atoms with Crippen molar-refractivity contribution in [1.82, 2.24) is 15.0 Å². The minimum Gasteiger partial charge on any atom is -0.477 e. The van der Waals surface area contributed by atoms with Gasteiger partial charge in [-0.1, -0.05) is 11.6 Å². The van der Waals surface area contributed by atoms with Gasteiger partial charge in [-0.3, -0.25) is 0 Å². The van der Waals surface area contributed by atoms with Crippen LogP contribution in [0.4, 0.5) is 0 Å². The molecule has 0 amide bonds. The Morgan fingerprint density at radius 3 is 2.86 bits per heavy atom. The third-order valence-electron chi connectivity index (χ3n) is 1.67. The lowest BCUT2D eigenvalue weighted by Crippen LogP contribution is -2.00. The highest BCUT2D eigenvalue weighted by molar-refractivity contribution is 6.33. The molecule has 0 spiro atoms. The summed E-state index contributed by atoms with van der Waals surface area (Å²) in [6.45, 7) is 0. The minimum atomic E-state index is -1.10. The number of aromatic carboxylic acids is 1. The lowest BCUT2D eigenvalue weighted by atomic mass is 10.3. The largest absolute Gasteiger partial charge is 0.477 e. The number of carbonyl (C=O) groups is 1. The Labute approximate surface area is 83.4 Å². The number of aromatic nitrogens is 3. The quantitative estimate of drug-likeness (QED) is 0.718. The van der Waals surface area contributed by atoms with Crippen molar-refractivity contribution in [2.24, 2.45) is 0 Å². The van der Waals surface area contributed by atoms with E-state index in [4.69, 9.17) is 16.7 Å². The van der Waals surface area contributed by atoms with Crippen molar-refractivity contribution in [2.45, 2.75) is 0 Å². The van der Waals surface area contributed by atoms with Gasteiger partial charge in [0.05, 0.1) is 5.39 Å². The van der Waals surface area contributed by atoms with Crippen molar-refractivity contribution in [1.29, 1.82) is 0 Å². The molecule has 5 nitrogen and oxygen atoms in total. The predicted molar refractivity (Wildman–Crippen MR) is 49.3 cm³/mol. The van der Waals surface area contributed by atoms with Crippen LogP contribution in [0.5, 0.6) is 0 Å². The van der Waals surface area contributed by atoms with Crippen LogP contribution in [-0.2, 0) is 0 Å². The third kappa shape index (κ3) is 1.38. The number of fused-ring (bicyclic) bond motifs is 1. The molecule has 0 aliphatic heterocycles. The highest BCUT2D eigenvalue weighted by Crippen LogP contribution is 2.17. The summed E-state index contributed by atoms with van der Waals surface area (Å²) in [6.07, 6.45) is 1.24. The van der Waals surface area contributed by atoms with Crippen LogP contribution in [0.1, 0.15) is 10.5 Å². The van der Waals surface area contributed by atoms with Crippen LogP contribution >= 0.6 is 11.6 Å². The van der Waals surface area contributed by atoms with E-state index >= 15 is 0 Å². The predicted octanol–water partition coefficient (Wildman–Crippen LogP) is 1.38. The van der Waals surface area contributed by atoms with Crippen LogP contribution in [0.15, 0.2) is 18.5 Å². The molecule has 0 aromatic carbocycles. The van der Waals surface area contributed by atoms with Gasteiger partial charge < -0.3 is 5.11 Å². The number of halogens is 1. The van der Waals surface area contributed by atoms with Crippen molar-refractivity contribution in [2.75, 3.05) is 0 Å². The first-order valence-electron chi connectivity index (χ1n) is 3.69. The summed E-state index contributed by atoms with van der Waals surface area (Å²) in [7, 11) is 0. The topological polar surface area (TPSA) is 76.0 Å². The number of rotatable bonds is 1. The molecule has 0 radical (unpaired) electrons. The first-order chi connectivity index (χ1) is 6.68. The second-order valence-electron chi connectivity index (χ2n) is 2.54. The van der Waals surface area contributed by atoms with Crippen LogP contribution in [0, 0.1) is 0 Å². The summed E-state index contributed by atoms with van der Waals surface area (Å²) in [5, 5.41) is 9.48. The fraction of sp³-hybridized carbons (Fsp3) is 0. The number of nitrogens with zero attached hydrogens (tertiary/aromatic N) is 3. The van der Waals surface area contributed by atoms with Crippen LogP contribution in [0.2, 0.25) is 5.15 Å². The molecule has 0 atom stereocenters. The van der Waals surface area contributed by atoms with Gasteiger partial charge >= 0.3 is 5.97 Å². The zero-order valence-corrected chi connectivity index (χ0v) is 7.56. The number of hydrogen-bond donors (Lipinski definition) is 1. The number of carboxylic acid groups (broad SMARTS) is 1. The lowest BCUT2D eigenvalue weighted by Gasteiger charge is -1.98. The fourth-order valence-electron chi connectivity index (χ4n) is 1.03. The monoisotopic (exact) mass is 209 g/mol. The molecule has 0 saturated heterocycles. The normalized spacial score (nSPS) is 10.4. The Balaban J connectivity index is 2.73. The summed E-state index contributed by atoms with van der Waals surface area (Å²) < 4.78 is 0. The van der Waals surface area contributed by atoms with Crippen LogP contribution in [0.3, 0.4) is 0 Å². The Morgan fingerprint density at radius 1 is 1.36 bits per heavy atom. The van der Waals surface area contributed by atoms with Gasteiger partial charge in [0.1, 0.15) is 11.5 Å². The van der Waals surface area contributed by atoms with Crippen LogP contribution in [-0.4, -0.2) is 26.0 Å². The maximum atomic E-state index is 10.6. The van der Waals surface area contributed by atoms with Gasteiger partial charge in [0.25, 0.3) is 0 Å². The van der Waals surface area contributed by atoms with E-state index in [1.54, 1.807) is 0 Å². The zero-order valence-electron chi connectivity index (χ0n) is 6.81. The van der Waals surface area contributed by atoms with Gasteiger partial charge in [-0.05, 0) is 12.1 Å². The first-order valence-corrected chi connectivity index (χ1v) is 4.07. The molecule has 2 aromatic rings. The molecule has 2 rings (SSSR count). The Morgan fingerprint density at radius 2 is 2.14 bits per heavy atom. The van der Waals surface area contributed by atoms with Gasteiger partial charge in [-0.25, -0.2) is 19.7 Å². The Hall–Kier alpha value is -1.75. The first kappa shape index (κ1) is 8.83. The smallest absolute Gasteiger partial charge is 0.354 e. The Kier molecular flexibility index (Phi) is 2.01. The molecule has 0 aliphatic rings. The summed E-state index contributed by atoms with van der Waals surface area (Å²) in [5.41, 5.74) is 0.220. The van der Waals surface area contributed by atoms with E-state index in [1.807, 2.05) is 0 Å². The van der Waals surface area contributed by atoms with Crippen molar-refractivity contribution in [3.05, 3.63) is 29.3 Å². The van der Waals surface area contributed by atoms with Gasteiger partial charge in [0.15, 0.2) is 11.3 Å². The zero-order chi connectivity index (χ0) is 10.1. The van der Waals surface area contributed by atoms with E-state index in [0.717, 1.165) is 0 Å². The van der Waals surface area contributed by atoms with E-state index in [0.29, 0.717) is 5.39 Å². The molecule has 2 aromatic heterocycles. The molecule has 1 N–H and O–H groups in total. The van der Waals surface area contributed by atoms with Gasteiger partial charge in [-0.2, -0.15) is 0 Å². The second-order valence-corrected chi connectivity index (χ2v) is 2.90. The highest BCUT2D eigenvalue weighted by Gasteiger charge is 2.07. The SMILES string of the molecule is O=C(O)c1ccc2c(Cl)ncnc2n1. The van der Waals surface area contributed by atoms with E-state index in [1.165, 1.54) is 18.5 Å². The molecule has 2 heterocycles. The van der Waals surface area contributed by atoms with E-state index in [9.17, 15) is 4.79 Å². The maximum absolute atomic E-state index is 10.6. The maximum Gasteiger partial charge on any atom is 0.354 e. The van der Waals surface area contributed by atoms with Crippen LogP contribution < -0.4 is 0 Å². The van der Waals surface area contributed by atoms with E-state index in [2.05, 4.69) is 15.0 Å². The molecule has 0 fully saturated rings. The summed E-state index contributed by atoms with van der Waals surface area (Å²) in [4.78, 5) is 22.0. The molecular formula is C8H4ClN3O2. The van der Waals surface area contributed by atoms with Crippen molar-refractivity contribution < 1.29 is 9.90 Å². The molecule has 70 valence electrons. The third-order valence-corrected chi connectivity index (χ3v) is 1.97. The number of hydrogen-bond acceptors (Lipinski definition) is 4. The molecular weight excluding hydrogens is 206 g/mol. The second kappa shape index (κ2) is 3.19. The fourth-order valence-corrected chi connectivity index (χ4v) is 1.22. The van der Waals surface area contributed by atoms with Gasteiger partial charge in [-0.15, -0.1) is 0 Å². The van der Waals surface area contributed by atoms with Crippen molar-refractivity contribution >= 4 is 28.6 Å². The molecule has 0 aliphatic carbocycles. The standard InChI is InChI=1S/C8H4ClN3O2/c9-6-4-1-2-5(8(13)14)12-7(4)11-3-10-6/h1-3H,(H,13,14). The van der Waals surface area contributed by atoms with Crippen molar-refractivity contribution in [3.63, 3.8) is 0 Å². The molecule has 0 bridgehead atoms. The summed E-state index contributed by atoms with van der Waals surface area (Å²) in [6, 6.07) is 2.90. The molecule has 6 heteroatoms. The molecule has 0 saturated carbocycles. The van der Waals surface area contributed by atoms with Gasteiger partial charge in [0.2, 0.25) is 0 Å². The van der Waals surface area contributed by atoms with Gasteiger partial charge in [0, 0.05) is 0 Å². The minimum absolute atomic E-state index is 0.0627. The number of carboxylic acids is 1. The van der Waals surface area contributed by atoms with E-state index in [-0.39, 0.29) is 16.5 Å². The Bertz CT molecular complexity index is 515. The average molecular weight is 210 g/mol. The van der Waals surface area contributed by atoms with Crippen LogP contribution in [0.25, 0.3) is 11.0 Å². The summed E-state index contributed by atoms with van der Waals surface area (Å²) in [5.74, 6) is -1.10. The lowest BCUT2D eigenvalue weighted by molar-refractivity contribution is 0.0691. The summed E-state index contributed by atoms with van der Waals surface area (Å²) >= 11 is 5.75. The molecule has 14 heavy (non-hydrogen) atoms. The highest BCUT2D eigenvalue weighted by atomic mass is 35.5. The number of pyridine rings is 1. The van der Waals surface area contributed by atoms with Crippen molar-refractivity contribution in [3.8, 4) is 0 Å².